The summed E-state index contributed by atoms with van der Waals surface area (Å²) in [5.41, 5.74) is 4.93. The maximum absolute atomic E-state index is 12.6. The van der Waals surface area contributed by atoms with E-state index < -0.39 is 0 Å². The average Bonchev–Trinajstić information content (AvgIpc) is 2.83. The highest BCUT2D eigenvalue weighted by atomic mass is 16.5. The second-order valence-corrected chi connectivity index (χ2v) is 7.87. The third-order valence-corrected chi connectivity index (χ3v) is 5.88. The highest BCUT2D eigenvalue weighted by Crippen LogP contribution is 2.29. The van der Waals surface area contributed by atoms with Crippen LogP contribution in [-0.4, -0.2) is 12.4 Å². The lowest BCUT2D eigenvalue weighted by Crippen LogP contribution is -2.16. The van der Waals surface area contributed by atoms with Gasteiger partial charge in [-0.05, 0) is 54.5 Å². The van der Waals surface area contributed by atoms with Gasteiger partial charge in [0.25, 0.3) is 0 Å². The molecule has 1 aliphatic carbocycles. The normalized spacial score (nSPS) is 13.0. The molecule has 5 rings (SSSR count). The van der Waals surface area contributed by atoms with Crippen LogP contribution in [0.15, 0.2) is 82.0 Å². The van der Waals surface area contributed by atoms with Crippen LogP contribution < -0.4 is 10.4 Å². The van der Waals surface area contributed by atoms with Gasteiger partial charge in [0.2, 0.25) is 0 Å². The molecule has 0 amide bonds. The molecule has 4 heteroatoms. The fourth-order valence-corrected chi connectivity index (χ4v) is 4.23. The van der Waals surface area contributed by atoms with Gasteiger partial charge in [-0.3, -0.25) is 4.79 Å². The number of carbonyl (C=O) groups excluding carboxylic acids is 1. The zero-order valence-corrected chi connectivity index (χ0v) is 17.1. The predicted molar refractivity (Wildman–Crippen MR) is 121 cm³/mol. The van der Waals surface area contributed by atoms with E-state index >= 15 is 0 Å². The first-order valence-electron chi connectivity index (χ1n) is 10.6. The van der Waals surface area contributed by atoms with E-state index in [2.05, 4.69) is 0 Å². The fraction of sp³-hybridized carbons (Fsp3) is 0.185. The number of ether oxygens (including phenoxy) is 1. The van der Waals surface area contributed by atoms with E-state index in [9.17, 15) is 9.59 Å². The summed E-state index contributed by atoms with van der Waals surface area (Å²) in [5.74, 6) is 0.410. The molecule has 4 aromatic rings. The van der Waals surface area contributed by atoms with Crippen molar-refractivity contribution >= 4 is 16.8 Å². The highest BCUT2D eigenvalue weighted by Gasteiger charge is 2.18. The van der Waals surface area contributed by atoms with Crippen LogP contribution in [0.25, 0.3) is 22.1 Å². The van der Waals surface area contributed by atoms with Crippen molar-refractivity contribution in [2.24, 2.45) is 0 Å². The van der Waals surface area contributed by atoms with Gasteiger partial charge in [-0.25, -0.2) is 4.79 Å². The summed E-state index contributed by atoms with van der Waals surface area (Å²) < 4.78 is 11.2. The Balaban J connectivity index is 1.31. The Hall–Kier alpha value is -3.66. The summed E-state index contributed by atoms with van der Waals surface area (Å²) in [6.07, 6.45) is 3.79. The highest BCUT2D eigenvalue weighted by molar-refractivity contribution is 5.97. The van der Waals surface area contributed by atoms with E-state index in [-0.39, 0.29) is 18.0 Å². The number of fused-ring (bicyclic) bond motifs is 3. The van der Waals surface area contributed by atoms with E-state index in [1.807, 2.05) is 66.7 Å². The van der Waals surface area contributed by atoms with Gasteiger partial charge in [0, 0.05) is 22.6 Å². The number of hydrogen-bond acceptors (Lipinski definition) is 4. The number of Topliss-reactive ketones (excluding diaryl/α,β-unsaturated/α-hetero) is 1. The van der Waals surface area contributed by atoms with Gasteiger partial charge in [-0.15, -0.1) is 0 Å². The molecule has 1 heterocycles. The molecule has 0 unspecified atom stereocenters. The molecule has 154 valence electrons. The lowest BCUT2D eigenvalue weighted by Gasteiger charge is -2.16. The average molecular weight is 410 g/mol. The van der Waals surface area contributed by atoms with Crippen LogP contribution in [0.2, 0.25) is 0 Å². The van der Waals surface area contributed by atoms with Crippen molar-refractivity contribution in [3.05, 3.63) is 99.9 Å². The van der Waals surface area contributed by atoms with Crippen LogP contribution >= 0.6 is 0 Å². The van der Waals surface area contributed by atoms with Crippen molar-refractivity contribution in [3.63, 3.8) is 0 Å². The Morgan fingerprint density at radius 2 is 1.55 bits per heavy atom. The molecule has 0 fully saturated rings. The zero-order valence-electron chi connectivity index (χ0n) is 17.1. The third-order valence-electron chi connectivity index (χ3n) is 5.88. The van der Waals surface area contributed by atoms with Crippen molar-refractivity contribution in [3.8, 4) is 16.9 Å². The molecular formula is C27H22O4. The Bertz CT molecular complexity index is 1300. The van der Waals surface area contributed by atoms with E-state index in [0.29, 0.717) is 16.9 Å². The zero-order chi connectivity index (χ0) is 21.2. The van der Waals surface area contributed by atoms with Gasteiger partial charge < -0.3 is 9.15 Å². The Kier molecular flexibility index (Phi) is 5.13. The molecule has 3 aromatic carbocycles. The van der Waals surface area contributed by atoms with Gasteiger partial charge >= 0.3 is 5.63 Å². The van der Waals surface area contributed by atoms with Gasteiger partial charge in [-0.1, -0.05) is 54.6 Å². The molecule has 0 saturated heterocycles. The first-order valence-corrected chi connectivity index (χ1v) is 10.6. The summed E-state index contributed by atoms with van der Waals surface area (Å²) >= 11 is 0. The number of aryl methyl sites for hydroxylation is 1. The number of carbonyl (C=O) groups is 1. The Morgan fingerprint density at radius 3 is 2.32 bits per heavy atom. The SMILES string of the molecule is O=C(COc1ccc2c3c(c(=O)oc2c1)CCCC3)c1ccc(-c2ccccc2)cc1. The van der Waals surface area contributed by atoms with Crippen LogP contribution in [0.4, 0.5) is 0 Å². The molecule has 1 aromatic heterocycles. The maximum Gasteiger partial charge on any atom is 0.339 e. The van der Waals surface area contributed by atoms with E-state index in [0.717, 1.165) is 53.3 Å². The van der Waals surface area contributed by atoms with Crippen LogP contribution in [0.1, 0.15) is 34.3 Å². The number of ketones is 1. The smallest absolute Gasteiger partial charge is 0.339 e. The standard InChI is InChI=1S/C27H22O4/c28-25(20-12-10-19(11-13-20)18-6-2-1-3-7-18)17-30-21-14-15-23-22-8-4-5-9-24(22)27(29)31-26(23)16-21/h1-3,6-7,10-16H,4-5,8-9,17H2. The summed E-state index contributed by atoms with van der Waals surface area (Å²) in [4.78, 5) is 24.9. The molecule has 4 nitrogen and oxygen atoms in total. The summed E-state index contributed by atoms with van der Waals surface area (Å²) in [6.45, 7) is -0.0780. The molecule has 0 saturated carbocycles. The van der Waals surface area contributed by atoms with Crippen LogP contribution in [0, 0.1) is 0 Å². The summed E-state index contributed by atoms with van der Waals surface area (Å²) in [6, 6.07) is 23.0. The quantitative estimate of drug-likeness (QED) is 0.317. The van der Waals surface area contributed by atoms with E-state index in [1.165, 1.54) is 0 Å². The molecule has 31 heavy (non-hydrogen) atoms. The lowest BCUT2D eigenvalue weighted by atomic mass is 9.91. The largest absolute Gasteiger partial charge is 0.485 e. The minimum atomic E-state index is -0.256. The number of hydrogen-bond donors (Lipinski definition) is 0. The maximum atomic E-state index is 12.6. The topological polar surface area (TPSA) is 56.5 Å². The predicted octanol–water partition coefficient (Wildman–Crippen LogP) is 5.60. The summed E-state index contributed by atoms with van der Waals surface area (Å²) in [7, 11) is 0. The van der Waals surface area contributed by atoms with Crippen molar-refractivity contribution in [1.82, 2.24) is 0 Å². The van der Waals surface area contributed by atoms with Crippen molar-refractivity contribution < 1.29 is 13.9 Å². The monoisotopic (exact) mass is 410 g/mol. The van der Waals surface area contributed by atoms with Crippen LogP contribution in [-0.2, 0) is 12.8 Å². The first kappa shape index (κ1) is 19.3. The van der Waals surface area contributed by atoms with Gasteiger partial charge in [0.05, 0.1) is 0 Å². The van der Waals surface area contributed by atoms with Crippen molar-refractivity contribution in [2.45, 2.75) is 25.7 Å². The fourth-order valence-electron chi connectivity index (χ4n) is 4.23. The Morgan fingerprint density at radius 1 is 0.839 bits per heavy atom. The summed E-state index contributed by atoms with van der Waals surface area (Å²) in [5, 5.41) is 0.962. The van der Waals surface area contributed by atoms with E-state index in [1.54, 1.807) is 6.07 Å². The minimum Gasteiger partial charge on any atom is -0.485 e. The van der Waals surface area contributed by atoms with Gasteiger partial charge in [0.1, 0.15) is 11.3 Å². The first-order chi connectivity index (χ1) is 15.2. The molecule has 1 aliphatic rings. The Labute approximate surface area is 180 Å². The van der Waals surface area contributed by atoms with Crippen molar-refractivity contribution in [2.75, 3.05) is 6.61 Å². The van der Waals surface area contributed by atoms with Gasteiger partial charge in [0.15, 0.2) is 12.4 Å². The molecular weight excluding hydrogens is 388 g/mol. The second-order valence-electron chi connectivity index (χ2n) is 7.87. The van der Waals surface area contributed by atoms with Crippen molar-refractivity contribution in [1.29, 1.82) is 0 Å². The van der Waals surface area contributed by atoms with E-state index in [4.69, 9.17) is 9.15 Å². The molecule has 0 N–H and O–H groups in total. The molecule has 0 spiro atoms. The minimum absolute atomic E-state index is 0.0780. The second kappa shape index (κ2) is 8.23. The number of benzene rings is 3. The molecule has 0 bridgehead atoms. The molecule has 0 radical (unpaired) electrons. The third kappa shape index (κ3) is 3.89. The van der Waals surface area contributed by atoms with Crippen LogP contribution in [0.3, 0.4) is 0 Å². The lowest BCUT2D eigenvalue weighted by molar-refractivity contribution is 0.0921. The number of rotatable bonds is 5. The molecule has 0 atom stereocenters. The van der Waals surface area contributed by atoms with Crippen LogP contribution in [0.5, 0.6) is 5.75 Å². The molecule has 0 aliphatic heterocycles. The van der Waals surface area contributed by atoms with Gasteiger partial charge in [-0.2, -0.15) is 0 Å².